The Balaban J connectivity index is 1.90. The standard InChI is InChI=1S/C18H16N4O/c1-12-11-15(14-7-3-4-9-17(14)20-12)18(23)22-21-13(2)16-8-5-6-10-19-16/h3-11H,1-2H3,(H,22,23)/b21-13-. The van der Waals surface area contributed by atoms with Crippen LogP contribution in [0.25, 0.3) is 10.9 Å². The number of benzene rings is 1. The summed E-state index contributed by atoms with van der Waals surface area (Å²) in [5.74, 6) is -0.262. The Kier molecular flexibility index (Phi) is 4.10. The van der Waals surface area contributed by atoms with Crippen molar-refractivity contribution in [1.82, 2.24) is 15.4 Å². The van der Waals surface area contributed by atoms with Gasteiger partial charge in [-0.15, -0.1) is 0 Å². The average Bonchev–Trinajstić information content (AvgIpc) is 2.59. The number of nitrogens with zero attached hydrogens (tertiary/aromatic N) is 3. The molecule has 1 aromatic carbocycles. The SMILES string of the molecule is C/C(=N/NC(=O)c1cc(C)nc2ccccc12)c1ccccn1. The van der Waals surface area contributed by atoms with E-state index in [0.717, 1.165) is 22.3 Å². The van der Waals surface area contributed by atoms with E-state index in [9.17, 15) is 4.79 Å². The fourth-order valence-electron chi connectivity index (χ4n) is 2.32. The second-order valence-corrected chi connectivity index (χ2v) is 5.18. The summed E-state index contributed by atoms with van der Waals surface area (Å²) in [4.78, 5) is 21.1. The molecule has 0 fully saturated rings. The molecule has 0 saturated heterocycles. The number of para-hydroxylation sites is 1. The molecule has 0 saturated carbocycles. The summed E-state index contributed by atoms with van der Waals surface area (Å²) in [6.45, 7) is 3.67. The van der Waals surface area contributed by atoms with E-state index in [-0.39, 0.29) is 5.91 Å². The summed E-state index contributed by atoms with van der Waals surface area (Å²) >= 11 is 0. The molecule has 0 atom stereocenters. The molecule has 0 aliphatic heterocycles. The molecule has 0 aliphatic rings. The normalized spacial score (nSPS) is 11.5. The van der Waals surface area contributed by atoms with Gasteiger partial charge in [0.15, 0.2) is 0 Å². The van der Waals surface area contributed by atoms with Crippen LogP contribution in [0.2, 0.25) is 0 Å². The number of rotatable bonds is 3. The minimum Gasteiger partial charge on any atom is -0.267 e. The van der Waals surface area contributed by atoms with Crippen molar-refractivity contribution >= 4 is 22.5 Å². The lowest BCUT2D eigenvalue weighted by molar-refractivity contribution is 0.0956. The van der Waals surface area contributed by atoms with E-state index in [0.29, 0.717) is 11.3 Å². The van der Waals surface area contributed by atoms with Crippen LogP contribution in [-0.4, -0.2) is 21.6 Å². The number of nitrogens with one attached hydrogen (secondary N) is 1. The van der Waals surface area contributed by atoms with Gasteiger partial charge in [-0.3, -0.25) is 14.8 Å². The van der Waals surface area contributed by atoms with Gasteiger partial charge in [0.25, 0.3) is 5.91 Å². The second kappa shape index (κ2) is 6.36. The Bertz CT molecular complexity index is 888. The van der Waals surface area contributed by atoms with E-state index in [2.05, 4.69) is 20.5 Å². The van der Waals surface area contributed by atoms with Crippen LogP contribution in [0.4, 0.5) is 0 Å². The van der Waals surface area contributed by atoms with Crippen LogP contribution >= 0.6 is 0 Å². The Labute approximate surface area is 134 Å². The third kappa shape index (κ3) is 3.23. The number of carbonyl (C=O) groups is 1. The number of fused-ring (bicyclic) bond motifs is 1. The van der Waals surface area contributed by atoms with Crippen molar-refractivity contribution in [2.45, 2.75) is 13.8 Å². The average molecular weight is 304 g/mol. The highest BCUT2D eigenvalue weighted by Crippen LogP contribution is 2.18. The third-order valence-electron chi connectivity index (χ3n) is 3.45. The van der Waals surface area contributed by atoms with Gasteiger partial charge in [-0.2, -0.15) is 5.10 Å². The number of hydrogen-bond donors (Lipinski definition) is 1. The molecule has 0 spiro atoms. The maximum absolute atomic E-state index is 12.5. The van der Waals surface area contributed by atoms with Crippen LogP contribution in [0.5, 0.6) is 0 Å². The van der Waals surface area contributed by atoms with E-state index >= 15 is 0 Å². The number of carbonyl (C=O) groups excluding carboxylic acids is 1. The fraction of sp³-hybridized carbons (Fsp3) is 0.111. The highest BCUT2D eigenvalue weighted by molar-refractivity contribution is 6.07. The quantitative estimate of drug-likeness (QED) is 0.597. The van der Waals surface area contributed by atoms with Gasteiger partial charge in [0.1, 0.15) is 0 Å². The van der Waals surface area contributed by atoms with Gasteiger partial charge < -0.3 is 0 Å². The van der Waals surface area contributed by atoms with Crippen LogP contribution in [0.3, 0.4) is 0 Å². The molecule has 5 nitrogen and oxygen atoms in total. The maximum atomic E-state index is 12.5. The van der Waals surface area contributed by atoms with Crippen LogP contribution in [-0.2, 0) is 0 Å². The van der Waals surface area contributed by atoms with E-state index in [1.807, 2.05) is 49.4 Å². The first-order chi connectivity index (χ1) is 11.1. The molecular weight excluding hydrogens is 288 g/mol. The van der Waals surface area contributed by atoms with Gasteiger partial charge in [0, 0.05) is 17.3 Å². The lowest BCUT2D eigenvalue weighted by Crippen LogP contribution is -2.20. The first-order valence-electron chi connectivity index (χ1n) is 7.27. The Morgan fingerprint density at radius 3 is 2.70 bits per heavy atom. The summed E-state index contributed by atoms with van der Waals surface area (Å²) in [7, 11) is 0. The summed E-state index contributed by atoms with van der Waals surface area (Å²) < 4.78 is 0. The van der Waals surface area contributed by atoms with Gasteiger partial charge in [-0.05, 0) is 38.1 Å². The highest BCUT2D eigenvalue weighted by Gasteiger charge is 2.11. The predicted octanol–water partition coefficient (Wildman–Crippen LogP) is 3.09. The van der Waals surface area contributed by atoms with E-state index in [1.165, 1.54) is 0 Å². The van der Waals surface area contributed by atoms with Crippen molar-refractivity contribution in [2.24, 2.45) is 5.10 Å². The van der Waals surface area contributed by atoms with Crippen molar-refractivity contribution in [2.75, 3.05) is 0 Å². The molecule has 2 aromatic heterocycles. The minimum absolute atomic E-state index is 0.262. The number of aryl methyl sites for hydroxylation is 1. The monoisotopic (exact) mass is 304 g/mol. The molecule has 0 bridgehead atoms. The molecule has 3 rings (SSSR count). The fourth-order valence-corrected chi connectivity index (χ4v) is 2.32. The number of amides is 1. The van der Waals surface area contributed by atoms with Gasteiger partial charge in [-0.1, -0.05) is 24.3 Å². The van der Waals surface area contributed by atoms with Gasteiger partial charge in [0.2, 0.25) is 0 Å². The molecule has 1 amide bonds. The Morgan fingerprint density at radius 1 is 1.13 bits per heavy atom. The summed E-state index contributed by atoms with van der Waals surface area (Å²) in [5, 5.41) is 4.95. The number of hydrazone groups is 1. The molecule has 0 radical (unpaired) electrons. The first-order valence-corrected chi connectivity index (χ1v) is 7.27. The molecule has 114 valence electrons. The number of pyridine rings is 2. The largest absolute Gasteiger partial charge is 0.272 e. The Hall–Kier alpha value is -3.08. The Morgan fingerprint density at radius 2 is 1.91 bits per heavy atom. The van der Waals surface area contributed by atoms with E-state index in [1.54, 1.807) is 19.2 Å². The maximum Gasteiger partial charge on any atom is 0.272 e. The zero-order valence-corrected chi connectivity index (χ0v) is 12.9. The predicted molar refractivity (Wildman–Crippen MR) is 90.4 cm³/mol. The van der Waals surface area contributed by atoms with Crippen molar-refractivity contribution in [3.63, 3.8) is 0 Å². The molecule has 3 aromatic rings. The lowest BCUT2D eigenvalue weighted by atomic mass is 10.1. The van der Waals surface area contributed by atoms with Gasteiger partial charge >= 0.3 is 0 Å². The highest BCUT2D eigenvalue weighted by atomic mass is 16.2. The summed E-state index contributed by atoms with van der Waals surface area (Å²) in [6, 6.07) is 14.9. The van der Waals surface area contributed by atoms with Crippen molar-refractivity contribution in [3.05, 3.63) is 71.7 Å². The number of aromatic nitrogens is 2. The second-order valence-electron chi connectivity index (χ2n) is 5.18. The van der Waals surface area contributed by atoms with E-state index in [4.69, 9.17) is 0 Å². The molecule has 1 N–H and O–H groups in total. The zero-order valence-electron chi connectivity index (χ0n) is 12.9. The van der Waals surface area contributed by atoms with Crippen molar-refractivity contribution in [3.8, 4) is 0 Å². The number of hydrogen-bond acceptors (Lipinski definition) is 4. The van der Waals surface area contributed by atoms with Crippen molar-refractivity contribution < 1.29 is 4.79 Å². The molecule has 23 heavy (non-hydrogen) atoms. The molecule has 0 unspecified atom stereocenters. The van der Waals surface area contributed by atoms with Crippen LogP contribution < -0.4 is 5.43 Å². The summed E-state index contributed by atoms with van der Waals surface area (Å²) in [5.41, 5.74) is 6.12. The molecule has 5 heteroatoms. The molecule has 0 aliphatic carbocycles. The van der Waals surface area contributed by atoms with Crippen LogP contribution in [0.1, 0.15) is 28.7 Å². The summed E-state index contributed by atoms with van der Waals surface area (Å²) in [6.07, 6.45) is 1.69. The van der Waals surface area contributed by atoms with Crippen LogP contribution in [0.15, 0.2) is 59.8 Å². The van der Waals surface area contributed by atoms with Crippen molar-refractivity contribution in [1.29, 1.82) is 0 Å². The lowest BCUT2D eigenvalue weighted by Gasteiger charge is -2.07. The third-order valence-corrected chi connectivity index (χ3v) is 3.45. The van der Waals surface area contributed by atoms with E-state index < -0.39 is 0 Å². The smallest absolute Gasteiger partial charge is 0.267 e. The topological polar surface area (TPSA) is 67.2 Å². The van der Waals surface area contributed by atoms with Crippen LogP contribution in [0, 0.1) is 6.92 Å². The molecule has 2 heterocycles. The van der Waals surface area contributed by atoms with Gasteiger partial charge in [-0.25, -0.2) is 5.43 Å². The minimum atomic E-state index is -0.262. The zero-order chi connectivity index (χ0) is 16.2. The first kappa shape index (κ1) is 14.8. The molecular formula is C18H16N4O. The van der Waals surface area contributed by atoms with Gasteiger partial charge in [0.05, 0.1) is 22.5 Å².